The van der Waals surface area contributed by atoms with Gasteiger partial charge in [-0.3, -0.25) is 9.59 Å². The number of benzene rings is 1. The van der Waals surface area contributed by atoms with Crippen LogP contribution >= 0.6 is 0 Å². The van der Waals surface area contributed by atoms with Crippen molar-refractivity contribution in [3.8, 4) is 0 Å². The summed E-state index contributed by atoms with van der Waals surface area (Å²) in [5, 5.41) is 14.5. The van der Waals surface area contributed by atoms with Crippen LogP contribution < -0.4 is 10.6 Å². The molecule has 5 heteroatoms. The second kappa shape index (κ2) is 8.67. The number of aliphatic hydroxyl groups is 1. The van der Waals surface area contributed by atoms with Crippen LogP contribution in [0.15, 0.2) is 18.2 Å². The predicted octanol–water partition coefficient (Wildman–Crippen LogP) is 2.76. The fourth-order valence-corrected chi connectivity index (χ4v) is 2.34. The van der Waals surface area contributed by atoms with Crippen LogP contribution in [0.4, 0.5) is 5.69 Å². The molecule has 0 bridgehead atoms. The Bertz CT molecular complexity index is 525. The highest BCUT2D eigenvalue weighted by Crippen LogP contribution is 2.32. The van der Waals surface area contributed by atoms with Gasteiger partial charge in [0.25, 0.3) is 0 Å². The number of para-hydroxylation sites is 1. The zero-order valence-corrected chi connectivity index (χ0v) is 14.6. The maximum atomic E-state index is 12.2. The molecule has 0 aliphatic carbocycles. The standard InChI is InChI=1S/C18H28N2O3/c1-11(2)14-7-6-8-15(12(3)4)16(14)20-18(23)17(22)19-10-9-13(5)21/h6-8,11-13,21H,9-10H2,1-5H3,(H,19,22)(H,20,23). The molecule has 1 aromatic rings. The van der Waals surface area contributed by atoms with Crippen LogP contribution in [0.5, 0.6) is 0 Å². The van der Waals surface area contributed by atoms with E-state index in [1.54, 1.807) is 6.92 Å². The van der Waals surface area contributed by atoms with Crippen LogP contribution in [0.2, 0.25) is 0 Å². The van der Waals surface area contributed by atoms with E-state index in [-0.39, 0.29) is 18.4 Å². The lowest BCUT2D eigenvalue weighted by Gasteiger charge is -2.20. The van der Waals surface area contributed by atoms with E-state index in [1.807, 2.05) is 18.2 Å². The third-order valence-corrected chi connectivity index (χ3v) is 3.67. The van der Waals surface area contributed by atoms with Crippen molar-refractivity contribution >= 4 is 17.5 Å². The predicted molar refractivity (Wildman–Crippen MR) is 92.6 cm³/mol. The first kappa shape index (κ1) is 19.2. The van der Waals surface area contributed by atoms with Crippen LogP contribution in [0.1, 0.15) is 64.0 Å². The second-order valence-electron chi connectivity index (χ2n) is 6.47. The Labute approximate surface area is 138 Å². The molecule has 0 aliphatic heterocycles. The number of aliphatic hydroxyl groups excluding tert-OH is 1. The third-order valence-electron chi connectivity index (χ3n) is 3.67. The highest BCUT2D eigenvalue weighted by Gasteiger charge is 2.19. The van der Waals surface area contributed by atoms with E-state index >= 15 is 0 Å². The van der Waals surface area contributed by atoms with Crippen molar-refractivity contribution in [3.63, 3.8) is 0 Å². The summed E-state index contributed by atoms with van der Waals surface area (Å²) < 4.78 is 0. The van der Waals surface area contributed by atoms with Crippen molar-refractivity contribution in [1.29, 1.82) is 0 Å². The maximum Gasteiger partial charge on any atom is 0.313 e. The summed E-state index contributed by atoms with van der Waals surface area (Å²) in [6.45, 7) is 10.1. The lowest BCUT2D eigenvalue weighted by atomic mass is 9.92. The van der Waals surface area contributed by atoms with Crippen molar-refractivity contribution in [2.75, 3.05) is 11.9 Å². The normalized spacial score (nSPS) is 12.3. The first-order valence-electron chi connectivity index (χ1n) is 8.14. The van der Waals surface area contributed by atoms with Gasteiger partial charge >= 0.3 is 11.8 Å². The number of carbonyl (C=O) groups is 2. The van der Waals surface area contributed by atoms with Crippen LogP contribution in [-0.2, 0) is 9.59 Å². The first-order valence-corrected chi connectivity index (χ1v) is 8.14. The smallest absolute Gasteiger partial charge is 0.313 e. The van der Waals surface area contributed by atoms with E-state index in [0.29, 0.717) is 6.42 Å². The second-order valence-corrected chi connectivity index (χ2v) is 6.47. The Morgan fingerprint density at radius 2 is 1.52 bits per heavy atom. The highest BCUT2D eigenvalue weighted by atomic mass is 16.3. The lowest BCUT2D eigenvalue weighted by molar-refractivity contribution is -0.136. The molecule has 0 fully saturated rings. The van der Waals surface area contributed by atoms with E-state index in [4.69, 9.17) is 0 Å². The molecule has 0 aromatic heterocycles. The van der Waals surface area contributed by atoms with Gasteiger partial charge in [-0.15, -0.1) is 0 Å². The number of hydrogen-bond acceptors (Lipinski definition) is 3. The van der Waals surface area contributed by atoms with E-state index < -0.39 is 17.9 Å². The van der Waals surface area contributed by atoms with E-state index in [0.717, 1.165) is 16.8 Å². The Kier molecular flexibility index (Phi) is 7.23. The quantitative estimate of drug-likeness (QED) is 0.705. The van der Waals surface area contributed by atoms with Crippen LogP contribution in [0, 0.1) is 0 Å². The molecule has 128 valence electrons. The topological polar surface area (TPSA) is 78.4 Å². The third kappa shape index (κ3) is 5.67. The van der Waals surface area contributed by atoms with Crippen molar-refractivity contribution < 1.29 is 14.7 Å². The van der Waals surface area contributed by atoms with Crippen molar-refractivity contribution in [3.05, 3.63) is 29.3 Å². The average molecular weight is 320 g/mol. The molecule has 1 unspecified atom stereocenters. The van der Waals surface area contributed by atoms with Gasteiger partial charge in [0.2, 0.25) is 0 Å². The van der Waals surface area contributed by atoms with Gasteiger partial charge in [-0.05, 0) is 36.3 Å². The number of hydrogen-bond donors (Lipinski definition) is 3. The largest absolute Gasteiger partial charge is 0.393 e. The Hall–Kier alpha value is -1.88. The van der Waals surface area contributed by atoms with Gasteiger partial charge in [-0.1, -0.05) is 45.9 Å². The van der Waals surface area contributed by atoms with Gasteiger partial charge in [-0.25, -0.2) is 0 Å². The minimum Gasteiger partial charge on any atom is -0.393 e. The molecule has 0 saturated carbocycles. The summed E-state index contributed by atoms with van der Waals surface area (Å²) in [7, 11) is 0. The summed E-state index contributed by atoms with van der Waals surface area (Å²) in [6, 6.07) is 5.91. The minimum atomic E-state index is -0.682. The minimum absolute atomic E-state index is 0.238. The van der Waals surface area contributed by atoms with Crippen LogP contribution in [0.3, 0.4) is 0 Å². The van der Waals surface area contributed by atoms with Crippen LogP contribution in [0.25, 0.3) is 0 Å². The van der Waals surface area contributed by atoms with Crippen LogP contribution in [-0.4, -0.2) is 29.6 Å². The molecule has 0 saturated heterocycles. The number of nitrogens with one attached hydrogen (secondary N) is 2. The monoisotopic (exact) mass is 320 g/mol. The molecule has 0 heterocycles. The van der Waals surface area contributed by atoms with Gasteiger partial charge < -0.3 is 15.7 Å². The maximum absolute atomic E-state index is 12.2. The fourth-order valence-electron chi connectivity index (χ4n) is 2.34. The zero-order chi connectivity index (χ0) is 17.6. The van der Waals surface area contributed by atoms with Gasteiger partial charge in [0.15, 0.2) is 0 Å². The molecule has 0 radical (unpaired) electrons. The molecule has 1 rings (SSSR count). The highest BCUT2D eigenvalue weighted by molar-refractivity contribution is 6.39. The Morgan fingerprint density at radius 3 is 1.96 bits per heavy atom. The molecule has 3 N–H and O–H groups in total. The molecule has 5 nitrogen and oxygen atoms in total. The molecule has 1 atom stereocenters. The van der Waals surface area contributed by atoms with E-state index in [9.17, 15) is 14.7 Å². The molecule has 0 spiro atoms. The fraction of sp³-hybridized carbons (Fsp3) is 0.556. The van der Waals surface area contributed by atoms with Crippen molar-refractivity contribution in [2.45, 2.75) is 59.0 Å². The molecule has 23 heavy (non-hydrogen) atoms. The SMILES string of the molecule is CC(O)CCNC(=O)C(=O)Nc1c(C(C)C)cccc1C(C)C. The zero-order valence-electron chi connectivity index (χ0n) is 14.6. The Balaban J connectivity index is 2.90. The van der Waals surface area contributed by atoms with E-state index in [1.165, 1.54) is 0 Å². The van der Waals surface area contributed by atoms with Gasteiger partial charge in [0.05, 0.1) is 6.10 Å². The molecule has 0 aliphatic rings. The van der Waals surface area contributed by atoms with Crippen molar-refractivity contribution in [1.82, 2.24) is 5.32 Å². The lowest BCUT2D eigenvalue weighted by Crippen LogP contribution is -2.37. The van der Waals surface area contributed by atoms with Gasteiger partial charge in [0.1, 0.15) is 0 Å². The van der Waals surface area contributed by atoms with Gasteiger partial charge in [0, 0.05) is 12.2 Å². The first-order chi connectivity index (χ1) is 10.7. The number of anilines is 1. The molecular weight excluding hydrogens is 292 g/mol. The average Bonchev–Trinajstić information content (AvgIpc) is 2.46. The summed E-state index contributed by atoms with van der Waals surface area (Å²) in [6.07, 6.45) is -0.0914. The summed E-state index contributed by atoms with van der Waals surface area (Å²) in [4.78, 5) is 24.0. The number of rotatable bonds is 6. The van der Waals surface area contributed by atoms with E-state index in [2.05, 4.69) is 38.3 Å². The van der Waals surface area contributed by atoms with Crippen molar-refractivity contribution in [2.24, 2.45) is 0 Å². The summed E-state index contributed by atoms with van der Waals surface area (Å²) in [5.41, 5.74) is 2.76. The number of amides is 2. The molecule has 1 aromatic carbocycles. The van der Waals surface area contributed by atoms with Gasteiger partial charge in [-0.2, -0.15) is 0 Å². The summed E-state index contributed by atoms with van der Waals surface area (Å²) in [5.74, 6) is -0.880. The Morgan fingerprint density at radius 1 is 1.00 bits per heavy atom. The molecule has 2 amide bonds. The number of carbonyl (C=O) groups excluding carboxylic acids is 2. The summed E-state index contributed by atoms with van der Waals surface area (Å²) >= 11 is 0. The molecular formula is C18H28N2O3.